The minimum absolute atomic E-state index is 0.0646. The number of pyridine rings is 2. The number of carbonyl (C=O) groups is 2. The highest BCUT2D eigenvalue weighted by Crippen LogP contribution is 2.35. The SMILES string of the molecule is COc1cccc(Nc2c(C(N)=O)cnc3c(C)cc(S(=O)(=O)c4cccc(C(=O)Nc5cccc(CCCNC[C@H](O)c6ccc(O)c7[nH]c(=O)ccc67)c5)c4)cc23)c1. The molecule has 8 N–H and O–H groups in total. The van der Waals surface area contributed by atoms with Crippen LogP contribution >= 0.6 is 0 Å². The largest absolute Gasteiger partial charge is 0.506 e. The van der Waals surface area contributed by atoms with Gasteiger partial charge >= 0.3 is 0 Å². The van der Waals surface area contributed by atoms with Crippen molar-refractivity contribution in [2.45, 2.75) is 35.7 Å². The molecule has 1 atom stereocenters. The van der Waals surface area contributed by atoms with E-state index in [1.165, 1.54) is 61.8 Å². The highest BCUT2D eigenvalue weighted by Gasteiger charge is 2.24. The van der Waals surface area contributed by atoms with Crippen molar-refractivity contribution in [2.24, 2.45) is 5.73 Å². The van der Waals surface area contributed by atoms with Gasteiger partial charge in [0.05, 0.1) is 45.3 Å². The molecule has 0 aliphatic rings. The van der Waals surface area contributed by atoms with Crippen LogP contribution in [0.15, 0.2) is 130 Å². The van der Waals surface area contributed by atoms with Gasteiger partial charge < -0.3 is 41.6 Å². The maximum absolute atomic E-state index is 14.2. The molecule has 2 aromatic heterocycles. The number of phenolic OH excluding ortho intramolecular Hbond substituents is 1. The summed E-state index contributed by atoms with van der Waals surface area (Å²) < 4.78 is 33.7. The van der Waals surface area contributed by atoms with Crippen LogP contribution in [0.3, 0.4) is 0 Å². The molecular weight excluding hydrogens is 785 g/mol. The molecule has 0 aliphatic heterocycles. The minimum Gasteiger partial charge on any atom is -0.506 e. The fraction of sp³-hybridized carbons (Fsp3) is 0.156. The van der Waals surface area contributed by atoms with Crippen LogP contribution in [0.4, 0.5) is 17.1 Å². The Morgan fingerprint density at radius 2 is 1.68 bits per heavy atom. The van der Waals surface area contributed by atoms with E-state index in [1.807, 2.05) is 18.2 Å². The number of primary amides is 1. The Bertz CT molecular complexity index is 2950. The van der Waals surface area contributed by atoms with Gasteiger partial charge in [0.1, 0.15) is 11.5 Å². The van der Waals surface area contributed by atoms with Crippen LogP contribution < -0.4 is 32.0 Å². The number of phenols is 1. The van der Waals surface area contributed by atoms with Crippen LogP contribution in [-0.2, 0) is 16.3 Å². The lowest BCUT2D eigenvalue weighted by molar-refractivity contribution is 0.0998. The monoisotopic (exact) mass is 826 g/mol. The Morgan fingerprint density at radius 1 is 0.900 bits per heavy atom. The predicted octanol–water partition coefficient (Wildman–Crippen LogP) is 6.28. The molecule has 0 bridgehead atoms. The molecule has 0 unspecified atom stereocenters. The highest BCUT2D eigenvalue weighted by molar-refractivity contribution is 7.91. The lowest BCUT2D eigenvalue weighted by Crippen LogP contribution is -2.23. The molecule has 0 aliphatic carbocycles. The van der Waals surface area contributed by atoms with Gasteiger partial charge in [0.15, 0.2) is 0 Å². The number of H-pyrrole nitrogens is 1. The van der Waals surface area contributed by atoms with Gasteiger partial charge in [-0.1, -0.05) is 30.3 Å². The van der Waals surface area contributed by atoms with E-state index >= 15 is 0 Å². The molecule has 2 amide bonds. The number of hydrogen-bond acceptors (Lipinski definition) is 11. The van der Waals surface area contributed by atoms with Crippen molar-refractivity contribution in [2.75, 3.05) is 30.8 Å². The second-order valence-corrected chi connectivity index (χ2v) is 16.1. The number of aromatic nitrogens is 2. The fourth-order valence-electron chi connectivity index (χ4n) is 7.03. The standard InChI is InChI=1S/C45H42N6O8S/c1-26-19-33(23-36-41(26)48-24-37(44(46)55)42(36)49-30-11-5-12-31(22-30)59-2)60(57,58)32-13-4-9-28(21-32)45(56)50-29-10-3-7-27(20-29)8-6-18-47-25-39(53)34-14-16-38(52)43-35(34)15-17-40(54)51-43/h3-5,7,9-17,19-24,39,47,52-53H,6,8,18,25H2,1-2H3,(H2,46,55)(H,48,49)(H,50,56)(H,51,54)/t39-/m0/s1. The summed E-state index contributed by atoms with van der Waals surface area (Å²) in [4.78, 5) is 44.6. The van der Waals surface area contributed by atoms with E-state index in [2.05, 4.69) is 25.9 Å². The zero-order chi connectivity index (χ0) is 42.6. The summed E-state index contributed by atoms with van der Waals surface area (Å²) in [6.45, 7) is 2.56. The van der Waals surface area contributed by atoms with Gasteiger partial charge in [-0.05, 0) is 110 Å². The number of sulfone groups is 1. The number of amides is 2. The number of benzene rings is 5. The summed E-state index contributed by atoms with van der Waals surface area (Å²) in [6.07, 6.45) is 1.87. The number of hydrogen-bond donors (Lipinski definition) is 7. The first-order valence-electron chi connectivity index (χ1n) is 19.0. The van der Waals surface area contributed by atoms with Crippen molar-refractivity contribution < 1.29 is 33.0 Å². The van der Waals surface area contributed by atoms with Gasteiger partial charge in [-0.15, -0.1) is 0 Å². The summed E-state index contributed by atoms with van der Waals surface area (Å²) in [5.74, 6) is -0.761. The van der Waals surface area contributed by atoms with Crippen LogP contribution in [0.25, 0.3) is 21.8 Å². The quantitative estimate of drug-likeness (QED) is 0.0570. The van der Waals surface area contributed by atoms with E-state index < -0.39 is 27.8 Å². The molecule has 15 heteroatoms. The molecule has 306 valence electrons. The second-order valence-electron chi connectivity index (χ2n) is 14.2. The number of nitrogens with two attached hydrogens (primary N) is 1. The minimum atomic E-state index is -4.19. The average molecular weight is 827 g/mol. The molecule has 0 fully saturated rings. The van der Waals surface area contributed by atoms with Crippen molar-refractivity contribution in [3.8, 4) is 11.5 Å². The zero-order valence-electron chi connectivity index (χ0n) is 32.7. The number of ether oxygens (including phenoxy) is 1. The number of carbonyl (C=O) groups excluding carboxylic acids is 2. The van der Waals surface area contributed by atoms with Gasteiger partial charge in [0, 0.05) is 52.6 Å². The molecule has 60 heavy (non-hydrogen) atoms. The third kappa shape index (κ3) is 8.83. The van der Waals surface area contributed by atoms with Crippen LogP contribution in [0.2, 0.25) is 0 Å². The first-order chi connectivity index (χ1) is 28.8. The Labute approximate surface area is 345 Å². The number of nitrogens with zero attached hydrogens (tertiary/aromatic N) is 1. The first-order valence-corrected chi connectivity index (χ1v) is 20.4. The number of anilines is 3. The number of nitrogens with one attached hydrogen (secondary N) is 4. The summed E-state index contributed by atoms with van der Waals surface area (Å²) in [6, 6.07) is 29.1. The highest BCUT2D eigenvalue weighted by atomic mass is 32.2. The van der Waals surface area contributed by atoms with Crippen molar-refractivity contribution in [3.05, 3.63) is 154 Å². The van der Waals surface area contributed by atoms with E-state index in [1.54, 1.807) is 49.4 Å². The van der Waals surface area contributed by atoms with E-state index in [4.69, 9.17) is 10.5 Å². The summed E-state index contributed by atoms with van der Waals surface area (Å²) in [5.41, 5.74) is 9.79. The molecule has 14 nitrogen and oxygen atoms in total. The van der Waals surface area contributed by atoms with E-state index in [9.17, 15) is 33.0 Å². The van der Waals surface area contributed by atoms with Gasteiger partial charge in [0.2, 0.25) is 15.4 Å². The van der Waals surface area contributed by atoms with Gasteiger partial charge in [-0.3, -0.25) is 19.4 Å². The van der Waals surface area contributed by atoms with E-state index in [-0.39, 0.29) is 50.0 Å². The Morgan fingerprint density at radius 3 is 2.48 bits per heavy atom. The Balaban J connectivity index is 1.03. The van der Waals surface area contributed by atoms with E-state index in [0.717, 1.165) is 12.0 Å². The number of aliphatic hydroxyl groups is 1. The first kappa shape index (κ1) is 41.1. The van der Waals surface area contributed by atoms with Crippen LogP contribution in [0, 0.1) is 6.92 Å². The van der Waals surface area contributed by atoms with Gasteiger partial charge in [0.25, 0.3) is 11.8 Å². The van der Waals surface area contributed by atoms with Crippen molar-refractivity contribution >= 4 is 60.5 Å². The third-order valence-electron chi connectivity index (χ3n) is 10.1. The lowest BCUT2D eigenvalue weighted by atomic mass is 10.0. The maximum Gasteiger partial charge on any atom is 0.255 e. The van der Waals surface area contributed by atoms with Crippen LogP contribution in [-0.4, -0.2) is 60.6 Å². The number of fused-ring (bicyclic) bond motifs is 2. The van der Waals surface area contributed by atoms with Crippen molar-refractivity contribution in [1.82, 2.24) is 15.3 Å². The second kappa shape index (κ2) is 17.4. The topological polar surface area (TPSA) is 226 Å². The molecule has 0 saturated heterocycles. The summed E-state index contributed by atoms with van der Waals surface area (Å²) >= 11 is 0. The van der Waals surface area contributed by atoms with Crippen molar-refractivity contribution in [1.29, 1.82) is 0 Å². The van der Waals surface area contributed by atoms with Crippen LogP contribution in [0.1, 0.15) is 49.9 Å². The van der Waals surface area contributed by atoms with Crippen molar-refractivity contribution in [3.63, 3.8) is 0 Å². The molecule has 0 radical (unpaired) electrons. The Kier molecular flexibility index (Phi) is 11.9. The molecule has 7 rings (SSSR count). The molecule has 7 aromatic rings. The number of aromatic amines is 1. The average Bonchev–Trinajstić information content (AvgIpc) is 3.24. The molecule has 2 heterocycles. The maximum atomic E-state index is 14.2. The van der Waals surface area contributed by atoms with E-state index in [0.29, 0.717) is 57.5 Å². The fourth-order valence-corrected chi connectivity index (χ4v) is 8.45. The Hall–Kier alpha value is -7.07. The molecule has 0 spiro atoms. The number of aliphatic hydroxyl groups excluding tert-OH is 1. The third-order valence-corrected chi connectivity index (χ3v) is 11.8. The summed E-state index contributed by atoms with van der Waals surface area (Å²) in [7, 11) is -2.66. The number of rotatable bonds is 15. The summed E-state index contributed by atoms with van der Waals surface area (Å²) in [5, 5.41) is 31.2. The van der Waals surface area contributed by atoms with Crippen LogP contribution in [0.5, 0.6) is 11.5 Å². The van der Waals surface area contributed by atoms with Gasteiger partial charge in [-0.2, -0.15) is 0 Å². The predicted molar refractivity (Wildman–Crippen MR) is 230 cm³/mol. The number of methoxy groups -OCH3 is 1. The zero-order valence-corrected chi connectivity index (χ0v) is 33.5. The smallest absolute Gasteiger partial charge is 0.255 e. The lowest BCUT2D eigenvalue weighted by Gasteiger charge is -2.16. The molecule has 0 saturated carbocycles. The normalized spacial score (nSPS) is 12.0. The number of aromatic hydroxyl groups is 1. The molecule has 5 aromatic carbocycles. The molecular formula is C45H42N6O8S. The van der Waals surface area contributed by atoms with Gasteiger partial charge in [-0.25, -0.2) is 8.42 Å². The number of aryl methyl sites for hydroxylation is 2.